The third-order valence-corrected chi connectivity index (χ3v) is 29.0. The zero-order valence-electron chi connectivity index (χ0n) is 74.6. The first-order valence-corrected chi connectivity index (χ1v) is 45.3. The highest BCUT2D eigenvalue weighted by molar-refractivity contribution is 6.20. The molecule has 0 unspecified atom stereocenters. The first kappa shape index (κ1) is 78.4. The van der Waals surface area contributed by atoms with Gasteiger partial charge in [0.1, 0.15) is 65.8 Å². The standard InChI is InChI=1S/C32H31NO.C30H26NO.2C28H24NO/c1-20(2)18-32(19-21(3)4)26-13-6-5-10-22(26)23-15-16-28-29(30(23)32)25-12-9-11-24(31(25)34-28)27-14-7-8-17-33-27;1-19-12-13-22-27-25(32-29(22)26(19)24-11-5-8-18-31(24)2)15-14-21-20-9-3-4-10-23(20)30(28(21)27)16-6-7-17-30;1-17-12-13-20-25-23(30-27(20)24(17)22-11-7-8-16-29(22)4)15-14-19-18-9-5-6-10-21(18)28(2,3)26(19)25;1-17-12-13-19-26-23(30-27(19)24(17)22-11-7-8-16-29(22)4)15-14-21-25(26)18-9-5-6-10-20(18)28(21,2)3/h5-17,20-21H,18-19H2,1-4H3;3-5,8-15,18H,6-7,16-17H2,1-2H3;2*5-16H,1-4H3/q;3*+1. The highest BCUT2D eigenvalue weighted by Crippen LogP contribution is 2.63. The summed E-state index contributed by atoms with van der Waals surface area (Å²) in [5.41, 5.74) is 43.1. The first-order chi connectivity index (χ1) is 61.1. The normalized spacial score (nSPS) is 14.8. The number of aryl methyl sites for hydroxylation is 6. The second-order valence-electron chi connectivity index (χ2n) is 38.2. The Kier molecular flexibility index (Phi) is 18.4. The van der Waals surface area contributed by atoms with Crippen molar-refractivity contribution < 1.29 is 31.4 Å². The lowest BCUT2D eigenvalue weighted by Crippen LogP contribution is -2.30. The minimum absolute atomic E-state index is 0.0108. The van der Waals surface area contributed by atoms with E-state index in [1.807, 2.05) is 18.3 Å². The lowest BCUT2D eigenvalue weighted by molar-refractivity contribution is -0.660. The van der Waals surface area contributed by atoms with Crippen LogP contribution in [0.5, 0.6) is 0 Å². The van der Waals surface area contributed by atoms with Crippen molar-refractivity contribution in [3.8, 4) is 89.5 Å². The minimum atomic E-state index is -0.0648. The predicted octanol–water partition coefficient (Wildman–Crippen LogP) is 29.6. The van der Waals surface area contributed by atoms with Gasteiger partial charge in [0.25, 0.3) is 0 Å². The van der Waals surface area contributed by atoms with Crippen LogP contribution in [0.1, 0.15) is 155 Å². The molecule has 126 heavy (non-hydrogen) atoms. The molecule has 1 fully saturated rings. The van der Waals surface area contributed by atoms with Gasteiger partial charge in [-0.1, -0.05) is 244 Å². The molecule has 0 radical (unpaired) electrons. The zero-order valence-corrected chi connectivity index (χ0v) is 74.6. The van der Waals surface area contributed by atoms with Crippen molar-refractivity contribution in [2.24, 2.45) is 33.0 Å². The van der Waals surface area contributed by atoms with Gasteiger partial charge in [-0.25, -0.2) is 13.7 Å². The molecule has 0 atom stereocenters. The monoisotopic (exact) mass is 1640 g/mol. The van der Waals surface area contributed by atoms with Gasteiger partial charge >= 0.3 is 0 Å². The van der Waals surface area contributed by atoms with Crippen LogP contribution in [-0.2, 0) is 42.8 Å². The fraction of sp³-hybridized carbons (Fsp3) is 0.220. The van der Waals surface area contributed by atoms with Crippen molar-refractivity contribution in [2.45, 2.75) is 136 Å². The Morgan fingerprint density at radius 2 is 0.698 bits per heavy atom. The third-order valence-electron chi connectivity index (χ3n) is 29.0. The van der Waals surface area contributed by atoms with E-state index in [1.54, 1.807) is 0 Å². The van der Waals surface area contributed by atoms with Crippen LogP contribution in [0.3, 0.4) is 0 Å². The number of pyridine rings is 4. The van der Waals surface area contributed by atoms with Crippen LogP contribution in [0, 0.1) is 32.6 Å². The van der Waals surface area contributed by atoms with E-state index in [1.165, 1.54) is 203 Å². The number of aromatic nitrogens is 4. The van der Waals surface area contributed by atoms with E-state index < -0.39 is 0 Å². The van der Waals surface area contributed by atoms with Crippen molar-refractivity contribution in [3.05, 3.63) is 359 Å². The number of benzene rings is 12. The number of hydrogen-bond acceptors (Lipinski definition) is 5. The van der Waals surface area contributed by atoms with Gasteiger partial charge in [-0.15, -0.1) is 0 Å². The lowest BCUT2D eigenvalue weighted by Gasteiger charge is -2.36. The number of para-hydroxylation sites is 1. The molecule has 0 N–H and O–H groups in total. The van der Waals surface area contributed by atoms with Gasteiger partial charge in [-0.2, -0.15) is 0 Å². The molecule has 1 saturated carbocycles. The molecule has 8 nitrogen and oxygen atoms in total. The van der Waals surface area contributed by atoms with Crippen LogP contribution >= 0.6 is 0 Å². The SMILES string of the molecule is CC(C)CC1(CC(C)C)c2ccccc2-c2ccc3oc4c(-c5ccccn5)cccc4c3c21.Cc1ccc2c(oc3ccc4c(c32)-c2ccccc2C4(C)C)c1-c1cccc[n+]1C.Cc1ccc2c(oc3ccc4c(c32)C(C)(C)c2ccccc2-4)c1-c1cccc[n+]1C.Cc1ccc2c(oc3ccc4c(c32)C2(CCCC2)c2ccccc2-4)c1-c1cccc[n+]1C. The molecule has 1 spiro atoms. The van der Waals surface area contributed by atoms with Crippen molar-refractivity contribution in [1.29, 1.82) is 0 Å². The Balaban J connectivity index is 0.0000000995. The summed E-state index contributed by atoms with van der Waals surface area (Å²) in [7, 11) is 6.29. The van der Waals surface area contributed by atoms with E-state index in [4.69, 9.17) is 17.7 Å². The number of fused-ring (bicyclic) bond motifs is 30. The highest BCUT2D eigenvalue weighted by Gasteiger charge is 2.49. The van der Waals surface area contributed by atoms with Crippen LogP contribution in [0.4, 0.5) is 0 Å². The maximum absolute atomic E-state index is 6.69. The Bertz CT molecular complexity index is 7870. The molecule has 0 amide bonds. The van der Waals surface area contributed by atoms with E-state index in [2.05, 4.69) is 395 Å². The fourth-order valence-corrected chi connectivity index (χ4v) is 23.9. The average molecular weight is 1640 g/mol. The Labute approximate surface area is 737 Å². The summed E-state index contributed by atoms with van der Waals surface area (Å²) < 4.78 is 33.0. The fourth-order valence-electron chi connectivity index (χ4n) is 23.9. The molecule has 5 aliphatic carbocycles. The van der Waals surface area contributed by atoms with E-state index >= 15 is 0 Å². The van der Waals surface area contributed by atoms with Crippen molar-refractivity contribution >= 4 is 87.8 Å². The molecule has 5 aliphatic rings. The molecule has 8 heteroatoms. The van der Waals surface area contributed by atoms with E-state index in [0.29, 0.717) is 11.8 Å². The Morgan fingerprint density at radius 1 is 0.310 bits per heavy atom. The smallest absolute Gasteiger partial charge is 0.216 e. The third kappa shape index (κ3) is 11.8. The van der Waals surface area contributed by atoms with Crippen molar-refractivity contribution in [1.82, 2.24) is 4.98 Å². The second-order valence-corrected chi connectivity index (χ2v) is 38.2. The molecule has 0 bridgehead atoms. The molecule has 20 aromatic rings. The van der Waals surface area contributed by atoms with Gasteiger partial charge < -0.3 is 17.7 Å². The summed E-state index contributed by atoms with van der Waals surface area (Å²) in [6, 6.07) is 98.6. The largest absolute Gasteiger partial charge is 0.455 e. The van der Waals surface area contributed by atoms with E-state index in [0.717, 1.165) is 74.5 Å². The number of hydrogen-bond donors (Lipinski definition) is 0. The van der Waals surface area contributed by atoms with Gasteiger partial charge in [0.2, 0.25) is 17.1 Å². The summed E-state index contributed by atoms with van der Waals surface area (Å²) in [5, 5.41) is 9.94. The van der Waals surface area contributed by atoms with Gasteiger partial charge in [-0.05, 0) is 225 Å². The maximum atomic E-state index is 6.69. The van der Waals surface area contributed by atoms with Gasteiger partial charge in [-0.3, -0.25) is 4.98 Å². The lowest BCUT2D eigenvalue weighted by atomic mass is 9.67. The minimum Gasteiger partial charge on any atom is -0.455 e. The average Bonchev–Trinajstić information content (AvgIpc) is 1.53. The number of rotatable bonds is 8. The van der Waals surface area contributed by atoms with E-state index in [-0.39, 0.29) is 21.7 Å². The summed E-state index contributed by atoms with van der Waals surface area (Å²) in [6.07, 6.45) is 15.4. The molecular weight excluding hydrogens is 1540 g/mol. The van der Waals surface area contributed by atoms with E-state index in [9.17, 15) is 0 Å². The van der Waals surface area contributed by atoms with Gasteiger partial charge in [0.05, 0.1) is 22.4 Å². The van der Waals surface area contributed by atoms with Crippen LogP contribution in [0.2, 0.25) is 0 Å². The summed E-state index contributed by atoms with van der Waals surface area (Å²) >= 11 is 0. The molecule has 12 aromatic carbocycles. The maximum Gasteiger partial charge on any atom is 0.216 e. The summed E-state index contributed by atoms with van der Waals surface area (Å²) in [4.78, 5) is 4.62. The van der Waals surface area contributed by atoms with Crippen LogP contribution in [-0.4, -0.2) is 4.98 Å². The van der Waals surface area contributed by atoms with Crippen LogP contribution < -0.4 is 13.7 Å². The molecule has 8 aromatic heterocycles. The molecule has 618 valence electrons. The molecule has 0 aliphatic heterocycles. The van der Waals surface area contributed by atoms with Crippen molar-refractivity contribution in [2.75, 3.05) is 0 Å². The van der Waals surface area contributed by atoms with Gasteiger partial charge in [0, 0.05) is 113 Å². The first-order valence-electron chi connectivity index (χ1n) is 45.3. The highest BCUT2D eigenvalue weighted by atomic mass is 16.3. The van der Waals surface area contributed by atoms with Crippen LogP contribution in [0.25, 0.3) is 177 Å². The number of furan rings is 4. The van der Waals surface area contributed by atoms with Gasteiger partial charge in [0.15, 0.2) is 18.6 Å². The topological polar surface area (TPSA) is 77.1 Å². The molecule has 0 saturated heterocycles. The quantitative estimate of drug-likeness (QED) is 0.142. The molecule has 8 heterocycles. The summed E-state index contributed by atoms with van der Waals surface area (Å²) in [5.74, 6) is 1.16. The summed E-state index contributed by atoms with van der Waals surface area (Å²) in [6.45, 7) is 25.3. The predicted molar refractivity (Wildman–Crippen MR) is 517 cm³/mol. The molecular formula is C118H105N4O4+3. The van der Waals surface area contributed by atoms with Crippen molar-refractivity contribution in [3.63, 3.8) is 0 Å². The Morgan fingerprint density at radius 3 is 1.21 bits per heavy atom. The number of nitrogens with zero attached hydrogens (tertiary/aromatic N) is 4. The van der Waals surface area contributed by atoms with Crippen LogP contribution in [0.15, 0.2) is 315 Å². The second kappa shape index (κ2) is 29.6. The molecule has 25 rings (SSSR count). The Hall–Kier alpha value is -13.6. The zero-order chi connectivity index (χ0) is 86.1.